The van der Waals surface area contributed by atoms with Gasteiger partial charge in [-0.15, -0.1) is 11.8 Å². The summed E-state index contributed by atoms with van der Waals surface area (Å²) in [4.78, 5) is 13.7. The normalized spacial score (nSPS) is 18.1. The highest BCUT2D eigenvalue weighted by atomic mass is 32.2. The van der Waals surface area contributed by atoms with E-state index < -0.39 is 0 Å². The standard InChI is InChI=1S/C17H15NO3S/c1-10-2-3-11-7-16(22-15(11)6-10)17(19)18-12-4-5-13-14(8-12)21-9-20-13/h2-6,8,16H,7,9H2,1H3,(H,18,19). The van der Waals surface area contributed by atoms with Gasteiger partial charge in [0.1, 0.15) is 0 Å². The van der Waals surface area contributed by atoms with Gasteiger partial charge in [0.15, 0.2) is 11.5 Å². The van der Waals surface area contributed by atoms with Gasteiger partial charge in [0.2, 0.25) is 12.7 Å². The van der Waals surface area contributed by atoms with E-state index in [1.807, 2.05) is 12.1 Å². The van der Waals surface area contributed by atoms with Gasteiger partial charge in [-0.2, -0.15) is 0 Å². The number of carbonyl (C=O) groups excluding carboxylic acids is 1. The van der Waals surface area contributed by atoms with Gasteiger partial charge in [-0.25, -0.2) is 0 Å². The topological polar surface area (TPSA) is 47.6 Å². The van der Waals surface area contributed by atoms with Gasteiger partial charge in [-0.1, -0.05) is 17.7 Å². The summed E-state index contributed by atoms with van der Waals surface area (Å²) in [5, 5.41) is 2.89. The zero-order valence-corrected chi connectivity index (χ0v) is 12.9. The minimum atomic E-state index is -0.0813. The largest absolute Gasteiger partial charge is 0.454 e. The molecule has 2 aromatic rings. The highest BCUT2D eigenvalue weighted by Crippen LogP contribution is 2.39. The van der Waals surface area contributed by atoms with E-state index in [-0.39, 0.29) is 18.0 Å². The summed E-state index contributed by atoms with van der Waals surface area (Å²) < 4.78 is 10.6. The number of rotatable bonds is 2. The predicted octanol–water partition coefficient (Wildman–Crippen LogP) is 3.38. The number of ether oxygens (including phenoxy) is 2. The predicted molar refractivity (Wildman–Crippen MR) is 85.7 cm³/mol. The minimum absolute atomic E-state index is 0.0257. The van der Waals surface area contributed by atoms with Crippen LogP contribution in [0.3, 0.4) is 0 Å². The fourth-order valence-corrected chi connectivity index (χ4v) is 3.97. The first-order valence-corrected chi connectivity index (χ1v) is 8.04. The van der Waals surface area contributed by atoms with Crippen LogP contribution in [0.5, 0.6) is 11.5 Å². The maximum atomic E-state index is 12.5. The Kier molecular flexibility index (Phi) is 3.22. The molecule has 2 heterocycles. The van der Waals surface area contributed by atoms with E-state index in [2.05, 4.69) is 30.4 Å². The summed E-state index contributed by atoms with van der Waals surface area (Å²) in [6, 6.07) is 11.8. The van der Waals surface area contributed by atoms with Crippen LogP contribution < -0.4 is 14.8 Å². The van der Waals surface area contributed by atoms with Crippen molar-refractivity contribution in [2.24, 2.45) is 0 Å². The second-order valence-corrected chi connectivity index (χ2v) is 6.72. The Morgan fingerprint density at radius 2 is 2.05 bits per heavy atom. The molecule has 0 saturated carbocycles. The quantitative estimate of drug-likeness (QED) is 0.923. The van der Waals surface area contributed by atoms with E-state index in [1.165, 1.54) is 16.0 Å². The average molecular weight is 313 g/mol. The van der Waals surface area contributed by atoms with Crippen molar-refractivity contribution in [2.45, 2.75) is 23.5 Å². The summed E-state index contributed by atoms with van der Waals surface area (Å²) in [6.45, 7) is 2.31. The summed E-state index contributed by atoms with van der Waals surface area (Å²) >= 11 is 1.64. The molecule has 4 rings (SSSR count). The first kappa shape index (κ1) is 13.5. The van der Waals surface area contributed by atoms with Crippen LogP contribution in [-0.2, 0) is 11.2 Å². The molecule has 2 aliphatic rings. The number of fused-ring (bicyclic) bond motifs is 2. The molecule has 0 spiro atoms. The molecule has 0 fully saturated rings. The molecule has 22 heavy (non-hydrogen) atoms. The van der Waals surface area contributed by atoms with Crippen LogP contribution in [0.1, 0.15) is 11.1 Å². The van der Waals surface area contributed by atoms with Gasteiger partial charge >= 0.3 is 0 Å². The molecule has 0 bridgehead atoms. The lowest BCUT2D eigenvalue weighted by molar-refractivity contribution is -0.115. The number of anilines is 1. The monoisotopic (exact) mass is 313 g/mol. The van der Waals surface area contributed by atoms with Gasteiger partial charge in [0.25, 0.3) is 0 Å². The van der Waals surface area contributed by atoms with Crippen molar-refractivity contribution >= 4 is 23.4 Å². The fraction of sp³-hybridized carbons (Fsp3) is 0.235. The maximum Gasteiger partial charge on any atom is 0.238 e. The molecule has 0 aliphatic carbocycles. The van der Waals surface area contributed by atoms with Crippen molar-refractivity contribution in [1.82, 2.24) is 0 Å². The molecule has 0 aromatic heterocycles. The van der Waals surface area contributed by atoms with Gasteiger partial charge in [0.05, 0.1) is 5.25 Å². The lowest BCUT2D eigenvalue weighted by Crippen LogP contribution is -2.24. The molecule has 0 radical (unpaired) electrons. The van der Waals surface area contributed by atoms with E-state index in [4.69, 9.17) is 9.47 Å². The van der Waals surface area contributed by atoms with Crippen LogP contribution >= 0.6 is 11.8 Å². The number of hydrogen-bond acceptors (Lipinski definition) is 4. The minimum Gasteiger partial charge on any atom is -0.454 e. The van der Waals surface area contributed by atoms with Gasteiger partial charge in [0, 0.05) is 16.6 Å². The molecular weight excluding hydrogens is 298 g/mol. The summed E-state index contributed by atoms with van der Waals surface area (Å²) in [7, 11) is 0. The highest BCUT2D eigenvalue weighted by Gasteiger charge is 2.28. The SMILES string of the molecule is Cc1ccc2c(c1)SC(C(=O)Nc1ccc3c(c1)OCO3)C2. The second kappa shape index (κ2) is 5.25. The van der Waals surface area contributed by atoms with Crippen LogP contribution in [-0.4, -0.2) is 18.0 Å². The number of carbonyl (C=O) groups is 1. The molecule has 4 nitrogen and oxygen atoms in total. The molecule has 0 saturated heterocycles. The Morgan fingerprint density at radius 3 is 2.95 bits per heavy atom. The first-order chi connectivity index (χ1) is 10.7. The van der Waals surface area contributed by atoms with E-state index >= 15 is 0 Å². The average Bonchev–Trinajstić information content (AvgIpc) is 3.12. The van der Waals surface area contributed by atoms with Crippen LogP contribution in [0.25, 0.3) is 0 Å². The van der Waals surface area contributed by atoms with Gasteiger partial charge in [-0.05, 0) is 37.1 Å². The maximum absolute atomic E-state index is 12.5. The Morgan fingerprint density at radius 1 is 1.18 bits per heavy atom. The number of amides is 1. The van der Waals surface area contributed by atoms with Gasteiger partial charge in [-0.3, -0.25) is 4.79 Å². The zero-order chi connectivity index (χ0) is 15.1. The van der Waals surface area contributed by atoms with Crippen molar-refractivity contribution in [3.63, 3.8) is 0 Å². The van der Waals surface area contributed by atoms with E-state index in [0.717, 1.165) is 17.9 Å². The first-order valence-electron chi connectivity index (χ1n) is 7.16. The van der Waals surface area contributed by atoms with Crippen molar-refractivity contribution in [3.05, 3.63) is 47.5 Å². The highest BCUT2D eigenvalue weighted by molar-refractivity contribution is 8.01. The van der Waals surface area contributed by atoms with E-state index in [1.54, 1.807) is 17.8 Å². The Labute approximate surface area is 132 Å². The third-order valence-corrected chi connectivity index (χ3v) is 5.13. The number of hydrogen-bond donors (Lipinski definition) is 1. The molecule has 1 unspecified atom stereocenters. The molecule has 1 N–H and O–H groups in total. The smallest absolute Gasteiger partial charge is 0.238 e. The van der Waals surface area contributed by atoms with Gasteiger partial charge < -0.3 is 14.8 Å². The molecule has 2 aromatic carbocycles. The van der Waals surface area contributed by atoms with Crippen LogP contribution in [0.2, 0.25) is 0 Å². The zero-order valence-electron chi connectivity index (χ0n) is 12.1. The molecule has 112 valence electrons. The molecule has 1 amide bonds. The molecule has 1 atom stereocenters. The number of aryl methyl sites for hydroxylation is 1. The Balaban J connectivity index is 1.47. The molecular formula is C17H15NO3S. The fourth-order valence-electron chi connectivity index (χ4n) is 2.68. The van der Waals surface area contributed by atoms with E-state index in [0.29, 0.717) is 5.75 Å². The van der Waals surface area contributed by atoms with Crippen molar-refractivity contribution in [3.8, 4) is 11.5 Å². The van der Waals surface area contributed by atoms with Crippen LogP contribution in [0.15, 0.2) is 41.3 Å². The van der Waals surface area contributed by atoms with Crippen LogP contribution in [0.4, 0.5) is 5.69 Å². The van der Waals surface area contributed by atoms with Crippen LogP contribution in [0, 0.1) is 6.92 Å². The van der Waals surface area contributed by atoms with Crippen molar-refractivity contribution in [2.75, 3.05) is 12.1 Å². The number of benzene rings is 2. The van der Waals surface area contributed by atoms with Crippen molar-refractivity contribution in [1.29, 1.82) is 0 Å². The molecule has 5 heteroatoms. The third-order valence-electron chi connectivity index (χ3n) is 3.83. The van der Waals surface area contributed by atoms with Crippen molar-refractivity contribution < 1.29 is 14.3 Å². The summed E-state index contributed by atoms with van der Waals surface area (Å²) in [5.74, 6) is 1.42. The third kappa shape index (κ3) is 2.41. The Bertz CT molecular complexity index is 760. The van der Waals surface area contributed by atoms with E-state index in [9.17, 15) is 4.79 Å². The lowest BCUT2D eigenvalue weighted by atomic mass is 10.1. The summed E-state index contributed by atoms with van der Waals surface area (Å²) in [6.07, 6.45) is 0.774. The summed E-state index contributed by atoms with van der Waals surface area (Å²) in [5.41, 5.74) is 3.21. The lowest BCUT2D eigenvalue weighted by Gasteiger charge is -2.10. The number of thioether (sulfide) groups is 1. The second-order valence-electron chi connectivity index (χ2n) is 5.48. The molecule has 2 aliphatic heterocycles. The number of nitrogens with one attached hydrogen (secondary N) is 1. The Hall–Kier alpha value is -2.14.